The Morgan fingerprint density at radius 1 is 1.32 bits per heavy atom. The van der Waals surface area contributed by atoms with Crippen LogP contribution < -0.4 is 10.3 Å². The van der Waals surface area contributed by atoms with E-state index in [0.717, 1.165) is 48.8 Å². The number of hydrogen-bond acceptors (Lipinski definition) is 4. The van der Waals surface area contributed by atoms with Crippen LogP contribution in [0.25, 0.3) is 11.0 Å². The summed E-state index contributed by atoms with van der Waals surface area (Å²) in [6.07, 6.45) is 2.81. The lowest BCUT2D eigenvalue weighted by Gasteiger charge is -2.37. The number of anilines is 1. The first-order valence-corrected chi connectivity index (χ1v) is 9.80. The van der Waals surface area contributed by atoms with Crippen LogP contribution in [0.4, 0.5) is 5.88 Å². The van der Waals surface area contributed by atoms with Gasteiger partial charge in [0.1, 0.15) is 11.7 Å². The van der Waals surface area contributed by atoms with E-state index in [1.807, 2.05) is 13.0 Å². The highest BCUT2D eigenvalue weighted by Crippen LogP contribution is 2.34. The molecule has 1 aromatic carbocycles. The van der Waals surface area contributed by atoms with Crippen LogP contribution >= 0.6 is 15.9 Å². The molecule has 5 heteroatoms. The molecule has 1 saturated heterocycles. The summed E-state index contributed by atoms with van der Waals surface area (Å²) in [4.78, 5) is 15.0. The van der Waals surface area contributed by atoms with Crippen molar-refractivity contribution < 1.29 is 4.42 Å². The van der Waals surface area contributed by atoms with E-state index >= 15 is 0 Å². The topological polar surface area (TPSA) is 57.2 Å². The van der Waals surface area contributed by atoms with Gasteiger partial charge in [0.05, 0.1) is 5.39 Å². The maximum Gasteiger partial charge on any atom is 0.218 e. The molecule has 0 saturated carbocycles. The van der Waals surface area contributed by atoms with E-state index in [0.29, 0.717) is 22.3 Å². The van der Waals surface area contributed by atoms with Gasteiger partial charge in [-0.1, -0.05) is 35.8 Å². The summed E-state index contributed by atoms with van der Waals surface area (Å²) < 4.78 is 6.19. The third kappa shape index (κ3) is 3.46. The van der Waals surface area contributed by atoms with Crippen molar-refractivity contribution in [2.24, 2.45) is 5.41 Å². The van der Waals surface area contributed by atoms with Crippen molar-refractivity contribution in [3.05, 3.63) is 39.0 Å². The van der Waals surface area contributed by atoms with Crippen molar-refractivity contribution in [2.45, 2.75) is 40.0 Å². The molecule has 0 radical (unpaired) electrons. The molecule has 0 amide bonds. The Hall–Kier alpha value is -1.80. The first-order chi connectivity index (χ1) is 11.9. The number of rotatable bonds is 3. The minimum Gasteiger partial charge on any atom is -0.439 e. The molecule has 25 heavy (non-hydrogen) atoms. The minimum absolute atomic E-state index is 0.127. The molecule has 0 unspecified atom stereocenters. The van der Waals surface area contributed by atoms with Crippen LogP contribution in [-0.4, -0.2) is 18.4 Å². The number of nitriles is 1. The van der Waals surface area contributed by atoms with Crippen LogP contribution in [0, 0.1) is 23.7 Å². The summed E-state index contributed by atoms with van der Waals surface area (Å²) >= 11 is 3.47. The first kappa shape index (κ1) is 18.0. The fourth-order valence-corrected chi connectivity index (χ4v) is 3.87. The Labute approximate surface area is 156 Å². The number of fused-ring (bicyclic) bond motifs is 1. The molecule has 1 aromatic heterocycles. The van der Waals surface area contributed by atoms with E-state index in [4.69, 9.17) is 4.42 Å². The summed E-state index contributed by atoms with van der Waals surface area (Å²) in [5.74, 6) is 0.440. The monoisotopic (exact) mass is 402 g/mol. The zero-order chi connectivity index (χ0) is 18.2. The van der Waals surface area contributed by atoms with Gasteiger partial charge in [-0.15, -0.1) is 0 Å². The highest BCUT2D eigenvalue weighted by atomic mass is 79.9. The maximum atomic E-state index is 12.9. The number of halogens is 1. The van der Waals surface area contributed by atoms with Crippen LogP contribution in [-0.2, 0) is 6.42 Å². The van der Waals surface area contributed by atoms with E-state index in [1.165, 1.54) is 0 Å². The number of nitrogens with zero attached hydrogens (tertiary/aromatic N) is 2. The van der Waals surface area contributed by atoms with Crippen LogP contribution in [0.1, 0.15) is 43.4 Å². The van der Waals surface area contributed by atoms with Gasteiger partial charge in [-0.25, -0.2) is 0 Å². The molecule has 1 aliphatic rings. The highest BCUT2D eigenvalue weighted by Gasteiger charge is 2.29. The molecule has 2 aromatic rings. The second kappa shape index (κ2) is 6.84. The van der Waals surface area contributed by atoms with Crippen LogP contribution in [0.3, 0.4) is 0 Å². The number of alkyl halides is 1. The normalized spacial score (nSPS) is 16.8. The standard InChI is InChI=1S/C20H23BrN2O2/c1-13-10-14(4-7-21)18-15(11-13)17(24)16(12-22)19(25-18)23-8-5-20(2,3)6-9-23/h10-11H,4-9H2,1-3H3. The third-order valence-electron chi connectivity index (χ3n) is 5.07. The van der Waals surface area contributed by atoms with Crippen molar-refractivity contribution in [3.8, 4) is 6.07 Å². The number of hydrogen-bond donors (Lipinski definition) is 0. The SMILES string of the molecule is Cc1cc(CCBr)c2oc(N3CCC(C)(C)CC3)c(C#N)c(=O)c2c1. The second-order valence-corrected chi connectivity index (χ2v) is 8.41. The highest BCUT2D eigenvalue weighted by molar-refractivity contribution is 9.09. The van der Waals surface area contributed by atoms with Gasteiger partial charge in [0.15, 0.2) is 5.56 Å². The van der Waals surface area contributed by atoms with Gasteiger partial charge in [-0.2, -0.15) is 5.26 Å². The van der Waals surface area contributed by atoms with Crippen molar-refractivity contribution in [3.63, 3.8) is 0 Å². The van der Waals surface area contributed by atoms with Gasteiger partial charge in [0.25, 0.3) is 0 Å². The van der Waals surface area contributed by atoms with E-state index in [-0.39, 0.29) is 11.0 Å². The molecular formula is C20H23BrN2O2. The van der Waals surface area contributed by atoms with E-state index in [2.05, 4.69) is 46.8 Å². The molecule has 1 aliphatic heterocycles. The summed E-state index contributed by atoms with van der Waals surface area (Å²) in [6, 6.07) is 5.97. The lowest BCUT2D eigenvalue weighted by Crippen LogP contribution is -2.38. The predicted octanol–water partition coefficient (Wildman–Crippen LogP) is 4.54. The lowest BCUT2D eigenvalue weighted by atomic mass is 9.82. The average Bonchev–Trinajstić information content (AvgIpc) is 2.56. The van der Waals surface area contributed by atoms with Gasteiger partial charge in [0.2, 0.25) is 11.3 Å². The van der Waals surface area contributed by atoms with Crippen LogP contribution in [0.5, 0.6) is 0 Å². The van der Waals surface area contributed by atoms with E-state index < -0.39 is 0 Å². The summed E-state index contributed by atoms with van der Waals surface area (Å²) in [6.45, 7) is 8.07. The van der Waals surface area contributed by atoms with Crippen molar-refractivity contribution in [1.82, 2.24) is 0 Å². The minimum atomic E-state index is -0.219. The van der Waals surface area contributed by atoms with Crippen molar-refractivity contribution in [2.75, 3.05) is 23.3 Å². The molecule has 0 atom stereocenters. The smallest absolute Gasteiger partial charge is 0.218 e. The molecule has 3 rings (SSSR count). The first-order valence-electron chi connectivity index (χ1n) is 8.67. The summed E-state index contributed by atoms with van der Waals surface area (Å²) in [5.41, 5.74) is 2.83. The fourth-order valence-electron chi connectivity index (χ4n) is 3.44. The summed E-state index contributed by atoms with van der Waals surface area (Å²) in [7, 11) is 0. The number of piperidine rings is 1. The third-order valence-corrected chi connectivity index (χ3v) is 5.47. The molecule has 132 valence electrons. The molecule has 0 aliphatic carbocycles. The molecule has 1 fully saturated rings. The molecule has 4 nitrogen and oxygen atoms in total. The predicted molar refractivity (Wildman–Crippen MR) is 105 cm³/mol. The van der Waals surface area contributed by atoms with Crippen LogP contribution in [0.15, 0.2) is 21.3 Å². The molecular weight excluding hydrogens is 380 g/mol. The Morgan fingerprint density at radius 2 is 2.00 bits per heavy atom. The second-order valence-electron chi connectivity index (χ2n) is 7.61. The average molecular weight is 403 g/mol. The molecule has 0 bridgehead atoms. The molecule has 0 spiro atoms. The van der Waals surface area contributed by atoms with Gasteiger partial charge in [-0.3, -0.25) is 4.79 Å². The van der Waals surface area contributed by atoms with Crippen molar-refractivity contribution in [1.29, 1.82) is 5.26 Å². The van der Waals surface area contributed by atoms with Crippen molar-refractivity contribution >= 4 is 32.8 Å². The zero-order valence-corrected chi connectivity index (χ0v) is 16.6. The fraction of sp³-hybridized carbons (Fsp3) is 0.500. The zero-order valence-electron chi connectivity index (χ0n) is 15.0. The Balaban J connectivity index is 2.19. The molecule has 0 N–H and O–H groups in total. The van der Waals surface area contributed by atoms with Gasteiger partial charge < -0.3 is 9.32 Å². The van der Waals surface area contributed by atoms with E-state index in [1.54, 1.807) is 0 Å². The number of benzene rings is 1. The maximum absolute atomic E-state index is 12.9. The quantitative estimate of drug-likeness (QED) is 0.707. The largest absolute Gasteiger partial charge is 0.439 e. The Bertz CT molecular complexity index is 899. The van der Waals surface area contributed by atoms with Gasteiger partial charge >= 0.3 is 0 Å². The molecule has 2 heterocycles. The van der Waals surface area contributed by atoms with Crippen LogP contribution in [0.2, 0.25) is 0 Å². The van der Waals surface area contributed by atoms with Gasteiger partial charge in [0, 0.05) is 18.4 Å². The number of aryl methyl sites for hydroxylation is 2. The van der Waals surface area contributed by atoms with Gasteiger partial charge in [-0.05, 0) is 48.8 Å². The Morgan fingerprint density at radius 3 is 2.60 bits per heavy atom. The summed E-state index contributed by atoms with van der Waals surface area (Å²) in [5, 5.41) is 10.9. The van der Waals surface area contributed by atoms with E-state index in [9.17, 15) is 10.1 Å². The Kier molecular flexibility index (Phi) is 4.92. The lowest BCUT2D eigenvalue weighted by molar-refractivity contribution is 0.274.